The first-order valence-corrected chi connectivity index (χ1v) is 7.68. The highest BCUT2D eigenvalue weighted by molar-refractivity contribution is 6.31. The SMILES string of the molecule is O=C(COC(=O)c1ccc(F)c(Cl)c1)NCc1ccc2c(c1)OCO2. The Morgan fingerprint density at radius 3 is 2.76 bits per heavy atom. The van der Waals surface area contributed by atoms with Gasteiger partial charge in [0.05, 0.1) is 10.6 Å². The zero-order chi connectivity index (χ0) is 17.8. The standard InChI is InChI=1S/C17H13ClFNO5/c18-12-6-11(2-3-13(12)19)17(22)23-8-16(21)20-7-10-1-4-14-15(5-10)25-9-24-14/h1-6H,7-9H2,(H,20,21). The first-order valence-electron chi connectivity index (χ1n) is 7.30. The minimum absolute atomic E-state index is 0.0648. The number of carbonyl (C=O) groups is 2. The molecule has 0 bridgehead atoms. The van der Waals surface area contributed by atoms with Gasteiger partial charge in [-0.15, -0.1) is 0 Å². The van der Waals surface area contributed by atoms with Crippen LogP contribution in [0.1, 0.15) is 15.9 Å². The molecule has 0 saturated heterocycles. The average molecular weight is 366 g/mol. The van der Waals surface area contributed by atoms with Gasteiger partial charge in [0.15, 0.2) is 18.1 Å². The Kier molecular flexibility index (Phi) is 5.04. The number of hydrogen-bond donors (Lipinski definition) is 1. The van der Waals surface area contributed by atoms with Crippen molar-refractivity contribution >= 4 is 23.5 Å². The van der Waals surface area contributed by atoms with Gasteiger partial charge in [0, 0.05) is 6.54 Å². The first-order chi connectivity index (χ1) is 12.0. The smallest absolute Gasteiger partial charge is 0.338 e. The lowest BCUT2D eigenvalue weighted by Crippen LogP contribution is -2.28. The maximum absolute atomic E-state index is 13.1. The minimum Gasteiger partial charge on any atom is -0.454 e. The first kappa shape index (κ1) is 17.0. The summed E-state index contributed by atoms with van der Waals surface area (Å²) in [7, 11) is 0. The number of nitrogens with one attached hydrogen (secondary N) is 1. The summed E-state index contributed by atoms with van der Waals surface area (Å²) < 4.78 is 28.4. The fourth-order valence-electron chi connectivity index (χ4n) is 2.14. The number of hydrogen-bond acceptors (Lipinski definition) is 5. The number of esters is 1. The third kappa shape index (κ3) is 4.19. The van der Waals surface area contributed by atoms with Gasteiger partial charge in [0.2, 0.25) is 6.79 Å². The van der Waals surface area contributed by atoms with E-state index in [2.05, 4.69) is 5.32 Å². The normalized spacial score (nSPS) is 11.9. The quantitative estimate of drug-likeness (QED) is 0.825. The predicted molar refractivity (Wildman–Crippen MR) is 86.1 cm³/mol. The molecule has 0 spiro atoms. The number of fused-ring (bicyclic) bond motifs is 1. The number of ether oxygens (including phenoxy) is 3. The highest BCUT2D eigenvalue weighted by atomic mass is 35.5. The summed E-state index contributed by atoms with van der Waals surface area (Å²) in [6.45, 7) is -0.0394. The van der Waals surface area contributed by atoms with Crippen LogP contribution in [0.25, 0.3) is 0 Å². The van der Waals surface area contributed by atoms with E-state index in [-0.39, 0.29) is 23.9 Å². The molecule has 2 aromatic rings. The topological polar surface area (TPSA) is 73.9 Å². The van der Waals surface area contributed by atoms with Crippen LogP contribution in [-0.2, 0) is 16.1 Å². The van der Waals surface area contributed by atoms with Crippen molar-refractivity contribution in [3.63, 3.8) is 0 Å². The molecule has 0 fully saturated rings. The summed E-state index contributed by atoms with van der Waals surface area (Å²) in [6, 6.07) is 8.73. The van der Waals surface area contributed by atoms with Crippen LogP contribution in [0.4, 0.5) is 4.39 Å². The van der Waals surface area contributed by atoms with Crippen LogP contribution in [-0.4, -0.2) is 25.3 Å². The molecule has 6 nitrogen and oxygen atoms in total. The number of halogens is 2. The van der Waals surface area contributed by atoms with E-state index in [0.717, 1.165) is 17.7 Å². The Labute approximate surface area is 147 Å². The van der Waals surface area contributed by atoms with E-state index in [0.29, 0.717) is 11.5 Å². The van der Waals surface area contributed by atoms with Crippen LogP contribution in [0.15, 0.2) is 36.4 Å². The largest absolute Gasteiger partial charge is 0.454 e. The van der Waals surface area contributed by atoms with Crippen LogP contribution in [0.2, 0.25) is 5.02 Å². The van der Waals surface area contributed by atoms with Gasteiger partial charge in [-0.2, -0.15) is 0 Å². The molecule has 2 aromatic carbocycles. The molecule has 1 amide bonds. The van der Waals surface area contributed by atoms with Gasteiger partial charge < -0.3 is 19.5 Å². The van der Waals surface area contributed by atoms with E-state index >= 15 is 0 Å². The summed E-state index contributed by atoms with van der Waals surface area (Å²) in [5.74, 6) is -0.604. The second kappa shape index (κ2) is 7.40. The van der Waals surface area contributed by atoms with E-state index in [1.165, 1.54) is 6.07 Å². The molecule has 0 aliphatic carbocycles. The summed E-state index contributed by atoms with van der Waals surface area (Å²) in [6.07, 6.45) is 0. The van der Waals surface area contributed by atoms with Gasteiger partial charge in [0.1, 0.15) is 5.82 Å². The fourth-order valence-corrected chi connectivity index (χ4v) is 2.32. The van der Waals surface area contributed by atoms with Gasteiger partial charge in [-0.3, -0.25) is 4.79 Å². The molecule has 0 saturated carbocycles. The third-order valence-electron chi connectivity index (χ3n) is 3.42. The van der Waals surface area contributed by atoms with Gasteiger partial charge in [-0.25, -0.2) is 9.18 Å². The maximum atomic E-state index is 13.1. The van der Waals surface area contributed by atoms with Crippen molar-refractivity contribution in [2.24, 2.45) is 0 Å². The Morgan fingerprint density at radius 2 is 1.96 bits per heavy atom. The van der Waals surface area contributed by atoms with Crippen molar-refractivity contribution in [1.82, 2.24) is 5.32 Å². The Morgan fingerprint density at radius 1 is 1.16 bits per heavy atom. The van der Waals surface area contributed by atoms with Gasteiger partial charge in [-0.1, -0.05) is 17.7 Å². The molecule has 1 aliphatic heterocycles. The van der Waals surface area contributed by atoms with E-state index in [4.69, 9.17) is 25.8 Å². The fraction of sp³-hybridized carbons (Fsp3) is 0.176. The lowest BCUT2D eigenvalue weighted by Gasteiger charge is -2.08. The number of carbonyl (C=O) groups excluding carboxylic acids is 2. The summed E-state index contributed by atoms with van der Waals surface area (Å²) >= 11 is 5.60. The molecule has 0 atom stereocenters. The van der Waals surface area contributed by atoms with Crippen molar-refractivity contribution in [1.29, 1.82) is 0 Å². The Bertz CT molecular complexity index is 827. The molecule has 1 N–H and O–H groups in total. The van der Waals surface area contributed by atoms with Crippen molar-refractivity contribution in [3.8, 4) is 11.5 Å². The second-order valence-corrected chi connectivity index (χ2v) is 5.58. The lowest BCUT2D eigenvalue weighted by molar-refractivity contribution is -0.124. The van der Waals surface area contributed by atoms with Crippen LogP contribution >= 0.6 is 11.6 Å². The predicted octanol–water partition coefficient (Wildman–Crippen LogP) is 2.68. The average Bonchev–Trinajstić information content (AvgIpc) is 3.08. The van der Waals surface area contributed by atoms with Crippen molar-refractivity contribution in [2.75, 3.05) is 13.4 Å². The van der Waals surface area contributed by atoms with Crippen molar-refractivity contribution in [3.05, 3.63) is 58.4 Å². The Hall–Kier alpha value is -2.80. The van der Waals surface area contributed by atoms with Crippen molar-refractivity contribution < 1.29 is 28.2 Å². The van der Waals surface area contributed by atoms with E-state index in [1.54, 1.807) is 18.2 Å². The molecule has 8 heteroatoms. The molecular weight excluding hydrogens is 353 g/mol. The maximum Gasteiger partial charge on any atom is 0.338 e. The molecule has 1 heterocycles. The van der Waals surface area contributed by atoms with Gasteiger partial charge in [-0.05, 0) is 35.9 Å². The molecule has 25 heavy (non-hydrogen) atoms. The molecule has 1 aliphatic rings. The monoisotopic (exact) mass is 365 g/mol. The molecule has 3 rings (SSSR count). The second-order valence-electron chi connectivity index (χ2n) is 5.17. The Balaban J connectivity index is 1.47. The van der Waals surface area contributed by atoms with E-state index < -0.39 is 24.3 Å². The molecule has 0 aromatic heterocycles. The molecule has 0 unspecified atom stereocenters. The van der Waals surface area contributed by atoms with Gasteiger partial charge >= 0.3 is 5.97 Å². The van der Waals surface area contributed by atoms with E-state index in [1.807, 2.05) is 0 Å². The third-order valence-corrected chi connectivity index (χ3v) is 3.71. The summed E-state index contributed by atoms with van der Waals surface area (Å²) in [5, 5.41) is 2.43. The summed E-state index contributed by atoms with van der Waals surface area (Å²) in [5.41, 5.74) is 0.879. The molecule has 130 valence electrons. The van der Waals surface area contributed by atoms with Crippen LogP contribution in [0.3, 0.4) is 0 Å². The lowest BCUT2D eigenvalue weighted by atomic mass is 10.2. The van der Waals surface area contributed by atoms with Crippen LogP contribution < -0.4 is 14.8 Å². The minimum atomic E-state index is -0.764. The highest BCUT2D eigenvalue weighted by Gasteiger charge is 2.14. The van der Waals surface area contributed by atoms with Crippen LogP contribution in [0.5, 0.6) is 11.5 Å². The number of rotatable bonds is 5. The molecular formula is C17H13ClFNO5. The highest BCUT2D eigenvalue weighted by Crippen LogP contribution is 2.32. The number of amides is 1. The van der Waals surface area contributed by atoms with E-state index in [9.17, 15) is 14.0 Å². The van der Waals surface area contributed by atoms with Crippen LogP contribution in [0, 0.1) is 5.82 Å². The van der Waals surface area contributed by atoms with Crippen molar-refractivity contribution in [2.45, 2.75) is 6.54 Å². The molecule has 0 radical (unpaired) electrons. The zero-order valence-electron chi connectivity index (χ0n) is 12.9. The number of benzene rings is 2. The zero-order valence-corrected chi connectivity index (χ0v) is 13.6. The summed E-state index contributed by atoms with van der Waals surface area (Å²) in [4.78, 5) is 23.6. The van der Waals surface area contributed by atoms with Gasteiger partial charge in [0.25, 0.3) is 5.91 Å².